The number of phosphoric acid groups is 1. The first kappa shape index (κ1) is 63.6. The number of amides is 1. The first-order valence-electron chi connectivity index (χ1n) is 26.1. The van der Waals surface area contributed by atoms with Crippen LogP contribution in [0.15, 0.2) is 134 Å². The number of nitrogens with one attached hydrogen (secondary N) is 1. The fourth-order valence-corrected chi connectivity index (χ4v) is 7.27. The first-order chi connectivity index (χ1) is 32.5. The molecule has 3 atom stereocenters. The van der Waals surface area contributed by atoms with Gasteiger partial charge in [0.1, 0.15) is 13.2 Å². The molecule has 0 aromatic heterocycles. The average Bonchev–Trinajstić information content (AvgIpc) is 3.29. The van der Waals surface area contributed by atoms with Gasteiger partial charge in [-0.3, -0.25) is 13.8 Å². The Hall–Kier alpha value is -3.36. The summed E-state index contributed by atoms with van der Waals surface area (Å²) in [5.74, 6) is -0.227. The molecule has 1 amide bonds. The number of carbonyl (C=O) groups is 1. The highest BCUT2D eigenvalue weighted by Crippen LogP contribution is 2.43. The fourth-order valence-electron chi connectivity index (χ4n) is 6.54. The molecule has 0 saturated carbocycles. The molecule has 380 valence electrons. The highest BCUT2D eigenvalue weighted by Gasteiger charge is 2.27. The Kier molecular flexibility index (Phi) is 45.3. The van der Waals surface area contributed by atoms with Gasteiger partial charge in [-0.05, 0) is 96.3 Å². The number of likely N-dealkylation sites (N-methyl/N-ethyl adjacent to an activating group) is 1. The van der Waals surface area contributed by atoms with Gasteiger partial charge in [-0.1, -0.05) is 205 Å². The van der Waals surface area contributed by atoms with E-state index >= 15 is 0 Å². The Bertz CT molecular complexity index is 1540. The highest BCUT2D eigenvalue weighted by molar-refractivity contribution is 7.47. The summed E-state index contributed by atoms with van der Waals surface area (Å²) in [4.78, 5) is 23.2. The standard InChI is InChI=1S/C58H97N2O6P/c1-6-8-10-12-14-16-18-20-21-22-23-24-25-26-27-28-29-30-31-32-33-34-35-36-37-38-39-40-42-44-46-48-50-52-58(62)59-56(55-66-67(63,64)65-54-53-60(3,4)5)57(61)51-49-47-45-43-41-19-17-15-13-11-9-7-2/h8,10,14,16,20-21,23-24,26-27,29-30,32-33,35-36,38-39,42,44,49,51,56-57,61H,6-7,9,11-13,15,17-19,22,25,28,31,34,37,40-41,43,45-48,50,52-55H2,1-5H3,(H-,59,62,63,64)/p+1/b10-8-,16-14-,21-20-,24-23-,27-26-,30-29-,33-32-,36-35-,39-38-,44-42-,51-49+. The van der Waals surface area contributed by atoms with Crippen molar-refractivity contribution in [2.45, 2.75) is 187 Å². The van der Waals surface area contributed by atoms with Crippen molar-refractivity contribution in [2.24, 2.45) is 0 Å². The van der Waals surface area contributed by atoms with E-state index in [2.05, 4.69) is 141 Å². The average molecular weight is 950 g/mol. The number of aliphatic hydroxyl groups is 1. The molecule has 0 spiro atoms. The number of hydrogen-bond donors (Lipinski definition) is 3. The number of hydrogen-bond acceptors (Lipinski definition) is 5. The molecule has 0 heterocycles. The third kappa shape index (κ3) is 50.3. The smallest absolute Gasteiger partial charge is 0.387 e. The number of nitrogens with zero attached hydrogens (tertiary/aromatic N) is 1. The maximum absolute atomic E-state index is 12.9. The largest absolute Gasteiger partial charge is 0.472 e. The summed E-state index contributed by atoms with van der Waals surface area (Å²) in [7, 11) is 1.52. The van der Waals surface area contributed by atoms with Crippen molar-refractivity contribution in [3.05, 3.63) is 134 Å². The summed E-state index contributed by atoms with van der Waals surface area (Å²) in [5.41, 5.74) is 0. The molecule has 0 aromatic carbocycles. The zero-order valence-electron chi connectivity index (χ0n) is 43.1. The van der Waals surface area contributed by atoms with Crippen molar-refractivity contribution in [1.29, 1.82) is 0 Å². The molecule has 0 aliphatic carbocycles. The van der Waals surface area contributed by atoms with Gasteiger partial charge < -0.3 is 19.8 Å². The Morgan fingerprint density at radius 1 is 0.522 bits per heavy atom. The molecule has 0 rings (SSSR count). The topological polar surface area (TPSA) is 105 Å². The molecule has 0 aliphatic rings. The van der Waals surface area contributed by atoms with Gasteiger partial charge >= 0.3 is 7.82 Å². The molecule has 0 radical (unpaired) electrons. The second-order valence-electron chi connectivity index (χ2n) is 18.2. The summed E-state index contributed by atoms with van der Waals surface area (Å²) in [6, 6.07) is -0.879. The lowest BCUT2D eigenvalue weighted by molar-refractivity contribution is -0.870. The minimum atomic E-state index is -4.36. The van der Waals surface area contributed by atoms with E-state index < -0.39 is 20.0 Å². The highest BCUT2D eigenvalue weighted by atomic mass is 31.2. The van der Waals surface area contributed by atoms with Crippen LogP contribution in [0.1, 0.15) is 174 Å². The summed E-state index contributed by atoms with van der Waals surface area (Å²) in [6.07, 6.45) is 72.6. The minimum Gasteiger partial charge on any atom is -0.387 e. The van der Waals surface area contributed by atoms with Crippen molar-refractivity contribution in [3.8, 4) is 0 Å². The monoisotopic (exact) mass is 950 g/mol. The Morgan fingerprint density at radius 3 is 1.31 bits per heavy atom. The second kappa shape index (κ2) is 47.7. The Labute approximate surface area is 411 Å². The normalized spacial score (nSPS) is 15.1. The van der Waals surface area contributed by atoms with Crippen LogP contribution in [-0.4, -0.2) is 73.4 Å². The third-order valence-corrected chi connectivity index (χ3v) is 11.6. The maximum atomic E-state index is 12.9. The summed E-state index contributed by atoms with van der Waals surface area (Å²) in [6.45, 7) is 4.62. The zero-order valence-corrected chi connectivity index (χ0v) is 44.0. The van der Waals surface area contributed by atoms with E-state index in [0.717, 1.165) is 96.3 Å². The van der Waals surface area contributed by atoms with Gasteiger partial charge in [-0.2, -0.15) is 0 Å². The SMILES string of the molecule is CC/C=C\C/C=C\C/C=C\C/C=C\C/C=C\C/C=C\C/C=C\C/C=C\C/C=C\C/C=C\CCCCC(=O)NC(COP(=O)(O)OCC[N+](C)(C)C)C(O)/C=C/CCCCCCCCCCCC. The van der Waals surface area contributed by atoms with E-state index in [4.69, 9.17) is 9.05 Å². The molecule has 3 N–H and O–H groups in total. The van der Waals surface area contributed by atoms with Crippen LogP contribution in [0.3, 0.4) is 0 Å². The number of unbranched alkanes of at least 4 members (excludes halogenated alkanes) is 12. The number of allylic oxidation sites excluding steroid dienone is 21. The van der Waals surface area contributed by atoms with Gasteiger partial charge in [-0.15, -0.1) is 0 Å². The molecule has 3 unspecified atom stereocenters. The van der Waals surface area contributed by atoms with Gasteiger partial charge in [0.25, 0.3) is 0 Å². The lowest BCUT2D eigenvalue weighted by atomic mass is 10.1. The maximum Gasteiger partial charge on any atom is 0.472 e. The first-order valence-corrected chi connectivity index (χ1v) is 27.6. The zero-order chi connectivity index (χ0) is 49.2. The molecule has 0 aromatic rings. The van der Waals surface area contributed by atoms with Gasteiger partial charge in [0.15, 0.2) is 0 Å². The molecule has 0 aliphatic heterocycles. The molecule has 9 heteroatoms. The number of rotatable bonds is 45. The van der Waals surface area contributed by atoms with Crippen molar-refractivity contribution < 1.29 is 32.9 Å². The van der Waals surface area contributed by atoms with E-state index in [9.17, 15) is 19.4 Å². The van der Waals surface area contributed by atoms with Crippen LogP contribution in [0.5, 0.6) is 0 Å². The van der Waals surface area contributed by atoms with E-state index in [1.54, 1.807) is 6.08 Å². The summed E-state index contributed by atoms with van der Waals surface area (Å²) >= 11 is 0. The third-order valence-electron chi connectivity index (χ3n) is 10.6. The van der Waals surface area contributed by atoms with Crippen molar-refractivity contribution >= 4 is 13.7 Å². The second-order valence-corrected chi connectivity index (χ2v) is 19.6. The van der Waals surface area contributed by atoms with E-state index in [1.165, 1.54) is 51.4 Å². The fraction of sp³-hybridized carbons (Fsp3) is 0.603. The molecule has 0 saturated heterocycles. The predicted octanol–water partition coefficient (Wildman–Crippen LogP) is 15.6. The van der Waals surface area contributed by atoms with E-state index in [-0.39, 0.29) is 19.1 Å². The van der Waals surface area contributed by atoms with Crippen molar-refractivity contribution in [2.75, 3.05) is 40.9 Å². The predicted molar refractivity (Wildman–Crippen MR) is 290 cm³/mol. The Morgan fingerprint density at radius 2 is 0.896 bits per heavy atom. The van der Waals surface area contributed by atoms with Gasteiger partial charge in [0.2, 0.25) is 5.91 Å². The number of phosphoric ester groups is 1. The lowest BCUT2D eigenvalue weighted by Crippen LogP contribution is -2.45. The van der Waals surface area contributed by atoms with Crippen molar-refractivity contribution in [1.82, 2.24) is 5.32 Å². The van der Waals surface area contributed by atoms with Crippen LogP contribution in [0.2, 0.25) is 0 Å². The van der Waals surface area contributed by atoms with E-state index in [1.807, 2.05) is 27.2 Å². The van der Waals surface area contributed by atoms with Crippen molar-refractivity contribution in [3.63, 3.8) is 0 Å². The summed E-state index contributed by atoms with van der Waals surface area (Å²) < 4.78 is 23.6. The number of carbonyl (C=O) groups excluding carboxylic acids is 1. The van der Waals surface area contributed by atoms with Crippen LogP contribution < -0.4 is 5.32 Å². The molecule has 8 nitrogen and oxygen atoms in total. The van der Waals surface area contributed by atoms with Crippen LogP contribution in [0, 0.1) is 0 Å². The number of aliphatic hydroxyl groups excluding tert-OH is 1. The molecular formula is C58H98N2O6P+. The molecule has 0 bridgehead atoms. The van der Waals surface area contributed by atoms with Crippen LogP contribution in [0.4, 0.5) is 0 Å². The quantitative estimate of drug-likeness (QED) is 0.0243. The van der Waals surface area contributed by atoms with Gasteiger partial charge in [-0.25, -0.2) is 4.57 Å². The van der Waals surface area contributed by atoms with Gasteiger partial charge in [0, 0.05) is 6.42 Å². The van der Waals surface area contributed by atoms with Crippen LogP contribution in [0.25, 0.3) is 0 Å². The minimum absolute atomic E-state index is 0.0451. The Balaban J connectivity index is 4.33. The lowest BCUT2D eigenvalue weighted by Gasteiger charge is -2.25. The van der Waals surface area contributed by atoms with Crippen LogP contribution >= 0.6 is 7.82 Å². The molecule has 0 fully saturated rings. The summed E-state index contributed by atoms with van der Waals surface area (Å²) in [5, 5.41) is 13.8. The van der Waals surface area contributed by atoms with E-state index in [0.29, 0.717) is 23.9 Å². The molecule has 67 heavy (non-hydrogen) atoms. The van der Waals surface area contributed by atoms with Gasteiger partial charge in [0.05, 0.1) is 39.9 Å². The van der Waals surface area contributed by atoms with Crippen LogP contribution in [-0.2, 0) is 18.4 Å². The number of quaternary nitrogens is 1. The molecular weight excluding hydrogens is 852 g/mol.